The molecule has 1 aromatic heterocycles. The van der Waals surface area contributed by atoms with E-state index in [1.165, 1.54) is 11.3 Å². The predicted octanol–water partition coefficient (Wildman–Crippen LogP) is 6.46. The largest absolute Gasteiger partial charge is 0.462 e. The Bertz CT molecular complexity index is 1490. The molecule has 0 aromatic carbocycles. The van der Waals surface area contributed by atoms with E-state index < -0.39 is 53.7 Å². The third kappa shape index (κ3) is 7.14. The van der Waals surface area contributed by atoms with E-state index in [9.17, 15) is 19.8 Å². The molecule has 9 nitrogen and oxygen atoms in total. The number of esters is 2. The molecule has 3 saturated heterocycles. The van der Waals surface area contributed by atoms with Crippen molar-refractivity contribution in [2.24, 2.45) is 23.7 Å². The molecule has 5 heterocycles. The highest BCUT2D eigenvalue weighted by Gasteiger charge is 2.61. The summed E-state index contributed by atoms with van der Waals surface area (Å²) < 4.78 is 32.1. The summed E-state index contributed by atoms with van der Waals surface area (Å²) in [6.07, 6.45) is 9.59. The van der Waals surface area contributed by atoms with Gasteiger partial charge in [-0.2, -0.15) is 0 Å². The van der Waals surface area contributed by atoms with E-state index in [-0.39, 0.29) is 24.7 Å². The van der Waals surface area contributed by atoms with E-state index in [0.29, 0.717) is 53.5 Å². The van der Waals surface area contributed by atoms with Crippen LogP contribution in [0, 0.1) is 23.7 Å². The van der Waals surface area contributed by atoms with Gasteiger partial charge in [-0.25, -0.2) is 4.79 Å². The Morgan fingerprint density at radius 2 is 1.98 bits per heavy atom. The second-order valence-corrected chi connectivity index (χ2v) is 15.9. The van der Waals surface area contributed by atoms with Gasteiger partial charge in [-0.1, -0.05) is 70.6 Å². The number of hydrogen-bond donors (Lipinski definition) is 2. The van der Waals surface area contributed by atoms with Crippen LogP contribution in [-0.2, 0) is 28.5 Å². The monoisotopic (exact) mass is 696 g/mol. The lowest BCUT2D eigenvalue weighted by Crippen LogP contribution is -2.59. The maximum Gasteiger partial charge on any atom is 0.348 e. The van der Waals surface area contributed by atoms with Crippen molar-refractivity contribution in [2.75, 3.05) is 6.61 Å². The van der Waals surface area contributed by atoms with E-state index in [1.54, 1.807) is 42.7 Å². The van der Waals surface area contributed by atoms with Gasteiger partial charge in [-0.3, -0.25) is 4.79 Å². The quantitative estimate of drug-likeness (QED) is 0.270. The Labute approximate surface area is 294 Å². The number of allylic oxidation sites excluding steroid dienone is 2. The van der Waals surface area contributed by atoms with Crippen molar-refractivity contribution < 1.29 is 43.5 Å². The molecule has 0 saturated carbocycles. The van der Waals surface area contributed by atoms with Gasteiger partial charge in [0.1, 0.15) is 28.6 Å². The van der Waals surface area contributed by atoms with Gasteiger partial charge in [0.25, 0.3) is 0 Å². The number of aliphatic hydroxyl groups is 2. The van der Waals surface area contributed by atoms with Gasteiger partial charge in [0.2, 0.25) is 0 Å². The molecule has 1 spiro atoms. The second kappa shape index (κ2) is 14.6. The molecule has 4 aliphatic heterocycles. The van der Waals surface area contributed by atoms with E-state index in [0.717, 1.165) is 18.4 Å². The Hall–Kier alpha value is -2.60. The van der Waals surface area contributed by atoms with Crippen LogP contribution in [-0.4, -0.2) is 76.8 Å². The van der Waals surface area contributed by atoms with Crippen molar-refractivity contribution in [3.05, 3.63) is 69.5 Å². The van der Waals surface area contributed by atoms with Crippen LogP contribution in [0.5, 0.6) is 0 Å². The number of fused-ring (bicyclic) bond motifs is 2. The average Bonchev–Trinajstić information content (AvgIpc) is 3.74. The molecule has 12 atom stereocenters. The molecule has 1 aromatic rings. The fraction of sp³-hybridized carbons (Fsp3) is 0.641. The molecule has 6 rings (SSSR count). The lowest BCUT2D eigenvalue weighted by Gasteiger charge is -2.51. The van der Waals surface area contributed by atoms with E-state index in [2.05, 4.69) is 20.8 Å². The zero-order chi connectivity index (χ0) is 35.1. The molecular weight excluding hydrogens is 644 g/mol. The number of thiophene rings is 1. The number of aliphatic hydroxyl groups excluding tert-OH is 1. The molecule has 3 fully saturated rings. The van der Waals surface area contributed by atoms with Gasteiger partial charge in [0.05, 0.1) is 24.9 Å². The fourth-order valence-electron chi connectivity index (χ4n) is 8.26. The Morgan fingerprint density at radius 3 is 2.71 bits per heavy atom. The topological polar surface area (TPSA) is 121 Å². The smallest absolute Gasteiger partial charge is 0.348 e. The third-order valence-electron chi connectivity index (χ3n) is 11.4. The van der Waals surface area contributed by atoms with E-state index in [4.69, 9.17) is 23.7 Å². The Balaban J connectivity index is 1.37. The molecule has 1 aliphatic carbocycles. The number of hydrogen-bond acceptors (Lipinski definition) is 10. The van der Waals surface area contributed by atoms with Crippen LogP contribution < -0.4 is 0 Å². The number of carbonyl (C=O) groups excluding carboxylic acids is 2. The van der Waals surface area contributed by atoms with Crippen molar-refractivity contribution in [1.82, 2.24) is 0 Å². The zero-order valence-electron chi connectivity index (χ0n) is 29.5. The molecule has 0 amide bonds. The molecule has 0 radical (unpaired) electrons. The summed E-state index contributed by atoms with van der Waals surface area (Å²) in [4.78, 5) is 27.9. The molecule has 268 valence electrons. The average molecular weight is 697 g/mol. The van der Waals surface area contributed by atoms with Crippen molar-refractivity contribution >= 4 is 23.3 Å². The molecule has 5 aliphatic rings. The summed E-state index contributed by atoms with van der Waals surface area (Å²) in [6.45, 7) is 12.3. The summed E-state index contributed by atoms with van der Waals surface area (Å²) in [6, 6.07) is 3.46. The predicted molar refractivity (Wildman–Crippen MR) is 186 cm³/mol. The van der Waals surface area contributed by atoms with Gasteiger partial charge in [-0.05, 0) is 66.7 Å². The Kier molecular flexibility index (Phi) is 10.8. The van der Waals surface area contributed by atoms with Crippen molar-refractivity contribution in [3.8, 4) is 0 Å². The number of carbonyl (C=O) groups is 2. The lowest BCUT2D eigenvalue weighted by atomic mass is 9.70. The lowest BCUT2D eigenvalue weighted by molar-refractivity contribution is -0.340. The maximum atomic E-state index is 14.4. The highest BCUT2D eigenvalue weighted by molar-refractivity contribution is 7.11. The molecule has 2 N–H and O–H groups in total. The van der Waals surface area contributed by atoms with Crippen molar-refractivity contribution in [1.29, 1.82) is 0 Å². The fourth-order valence-corrected chi connectivity index (χ4v) is 8.86. The van der Waals surface area contributed by atoms with Gasteiger partial charge in [-0.15, -0.1) is 11.3 Å². The number of ether oxygens (including phenoxy) is 5. The molecule has 49 heavy (non-hydrogen) atoms. The summed E-state index contributed by atoms with van der Waals surface area (Å²) in [5.74, 6) is -2.61. The first-order valence-corrected chi connectivity index (χ1v) is 18.8. The second-order valence-electron chi connectivity index (χ2n) is 14.9. The van der Waals surface area contributed by atoms with Crippen LogP contribution in [0.4, 0.5) is 0 Å². The minimum Gasteiger partial charge on any atom is -0.462 e. The highest BCUT2D eigenvalue weighted by Crippen LogP contribution is 2.48. The van der Waals surface area contributed by atoms with Crippen LogP contribution >= 0.6 is 11.3 Å². The first-order chi connectivity index (χ1) is 23.3. The first kappa shape index (κ1) is 36.2. The molecule has 0 unspecified atom stereocenters. The molecular formula is C39H52O9S. The number of rotatable bonds is 4. The summed E-state index contributed by atoms with van der Waals surface area (Å²) in [7, 11) is 0. The van der Waals surface area contributed by atoms with Crippen molar-refractivity contribution in [3.63, 3.8) is 0 Å². The first-order valence-electron chi connectivity index (χ1n) is 17.9. The third-order valence-corrected chi connectivity index (χ3v) is 12.3. The highest BCUT2D eigenvalue weighted by atomic mass is 32.1. The maximum absolute atomic E-state index is 14.4. The van der Waals surface area contributed by atoms with E-state index in [1.807, 2.05) is 26.0 Å². The Morgan fingerprint density at radius 1 is 1.18 bits per heavy atom. The molecule has 10 heteroatoms. The zero-order valence-corrected chi connectivity index (χ0v) is 30.3. The minimum absolute atomic E-state index is 0.0148. The van der Waals surface area contributed by atoms with Gasteiger partial charge >= 0.3 is 11.9 Å². The van der Waals surface area contributed by atoms with Crippen LogP contribution in [0.25, 0.3) is 0 Å². The van der Waals surface area contributed by atoms with Crippen LogP contribution in [0.3, 0.4) is 0 Å². The molecule has 2 bridgehead atoms. The summed E-state index contributed by atoms with van der Waals surface area (Å²) >= 11 is 1.27. The van der Waals surface area contributed by atoms with Crippen LogP contribution in [0.1, 0.15) is 89.7 Å². The normalized spacial score (nSPS) is 43.2. The summed E-state index contributed by atoms with van der Waals surface area (Å²) in [5.41, 5.74) is 0.0690. The van der Waals surface area contributed by atoms with Crippen LogP contribution in [0.2, 0.25) is 0 Å². The van der Waals surface area contributed by atoms with Gasteiger partial charge < -0.3 is 33.9 Å². The minimum atomic E-state index is -1.84. The summed E-state index contributed by atoms with van der Waals surface area (Å²) in [5, 5.41) is 25.6. The SMILES string of the molecule is CC[C@H](C)[C@H]1O[C@]2(CC[C@@H]1C)C[C@@H]1C[C@@H](C/C=C(\C)[C@@H](O)[C@@H](C)/C=C/C=C3\CO[C@@H]4[C@H](OC(=O)c5cccs5)C(C)=C[C@@H](C(=O)O1)[C@]34O)O2. The standard InChI is InChI=1S/C39H52O9S/c1-7-22(2)33-25(5)15-16-38(48-33)20-29-19-28(47-38)14-13-24(4)32(40)23(3)10-8-11-27-21-44-35-34(46-37(42)31-12-9-17-49-31)26(6)18-30(36(41)45-29)39(27,35)43/h8-13,17-18,22-23,25,28-30,32-35,40,43H,7,14-16,19-21H2,1-6H3/b10-8+,24-13+,27-11+/t22-,23-,25-,28+,29-,30-,32-,33+,34+,35+,38+,39+/m0/s1. The van der Waals surface area contributed by atoms with Crippen molar-refractivity contribution in [2.45, 2.75) is 128 Å². The van der Waals surface area contributed by atoms with E-state index >= 15 is 0 Å². The van der Waals surface area contributed by atoms with Gasteiger partial charge in [0, 0.05) is 25.2 Å². The van der Waals surface area contributed by atoms with Crippen LogP contribution in [0.15, 0.2) is 64.6 Å². The van der Waals surface area contributed by atoms with Gasteiger partial charge in [0.15, 0.2) is 11.9 Å².